The quantitative estimate of drug-likeness (QED) is 0.873. The molecule has 0 aliphatic rings. The van der Waals surface area contributed by atoms with Gasteiger partial charge in [-0.2, -0.15) is 13.2 Å². The average molecular weight is 260 g/mol. The van der Waals surface area contributed by atoms with Crippen LogP contribution < -0.4 is 10.6 Å². The van der Waals surface area contributed by atoms with Gasteiger partial charge in [-0.1, -0.05) is 0 Å². The van der Waals surface area contributed by atoms with Crippen LogP contribution in [0.5, 0.6) is 0 Å². The second-order valence-electron chi connectivity index (χ2n) is 4.15. The number of halogens is 3. The molecule has 18 heavy (non-hydrogen) atoms. The molecule has 100 valence electrons. The van der Waals surface area contributed by atoms with Gasteiger partial charge in [0, 0.05) is 11.7 Å². The van der Waals surface area contributed by atoms with Crippen molar-refractivity contribution in [3.63, 3.8) is 0 Å². The zero-order valence-corrected chi connectivity index (χ0v) is 10.1. The summed E-state index contributed by atoms with van der Waals surface area (Å²) < 4.78 is 36.9. The van der Waals surface area contributed by atoms with Gasteiger partial charge in [0.25, 0.3) is 0 Å². The highest BCUT2D eigenvalue weighted by molar-refractivity contribution is 5.80. The van der Waals surface area contributed by atoms with Gasteiger partial charge in [0.15, 0.2) is 0 Å². The maximum Gasteiger partial charge on any atom is 0.416 e. The van der Waals surface area contributed by atoms with Crippen molar-refractivity contribution in [1.29, 1.82) is 0 Å². The van der Waals surface area contributed by atoms with Crippen LogP contribution in [0.15, 0.2) is 24.3 Å². The van der Waals surface area contributed by atoms with Crippen molar-refractivity contribution in [3.8, 4) is 0 Å². The third kappa shape index (κ3) is 4.65. The topological polar surface area (TPSA) is 41.1 Å². The standard InChI is InChI=1S/C12H15F3N2O/c1-8(2)17-11(18)7-16-10-5-3-9(4-6-10)12(13,14)15/h3-6,8,16H,7H2,1-2H3,(H,17,18). The molecule has 0 bridgehead atoms. The van der Waals surface area contributed by atoms with E-state index in [-0.39, 0.29) is 18.5 Å². The van der Waals surface area contributed by atoms with Crippen LogP contribution in [0.25, 0.3) is 0 Å². The predicted molar refractivity (Wildman–Crippen MR) is 63.2 cm³/mol. The molecular weight excluding hydrogens is 245 g/mol. The van der Waals surface area contributed by atoms with Crippen molar-refractivity contribution in [2.24, 2.45) is 0 Å². The minimum atomic E-state index is -4.34. The van der Waals surface area contributed by atoms with E-state index in [2.05, 4.69) is 10.6 Å². The Morgan fingerprint density at radius 2 is 1.78 bits per heavy atom. The molecule has 1 rings (SSSR count). The summed E-state index contributed by atoms with van der Waals surface area (Å²) in [5.41, 5.74) is -0.235. The summed E-state index contributed by atoms with van der Waals surface area (Å²) in [6, 6.07) is 4.58. The van der Waals surface area contributed by atoms with Crippen molar-refractivity contribution in [1.82, 2.24) is 5.32 Å². The highest BCUT2D eigenvalue weighted by Gasteiger charge is 2.29. The fraction of sp³-hybridized carbons (Fsp3) is 0.417. The molecule has 1 aromatic carbocycles. The molecule has 0 heterocycles. The Hall–Kier alpha value is -1.72. The number of alkyl halides is 3. The van der Waals surface area contributed by atoms with E-state index in [0.29, 0.717) is 5.69 Å². The van der Waals surface area contributed by atoms with Crippen molar-refractivity contribution < 1.29 is 18.0 Å². The number of rotatable bonds is 4. The Kier molecular flexibility index (Phi) is 4.58. The lowest BCUT2D eigenvalue weighted by molar-refractivity contribution is -0.137. The molecule has 0 aromatic heterocycles. The fourth-order valence-corrected chi connectivity index (χ4v) is 1.33. The molecule has 2 N–H and O–H groups in total. The van der Waals surface area contributed by atoms with Gasteiger partial charge in [-0.05, 0) is 38.1 Å². The predicted octanol–water partition coefficient (Wildman–Crippen LogP) is 2.64. The van der Waals surface area contributed by atoms with Crippen molar-refractivity contribution in [2.45, 2.75) is 26.1 Å². The zero-order valence-electron chi connectivity index (χ0n) is 10.1. The zero-order chi connectivity index (χ0) is 13.8. The van der Waals surface area contributed by atoms with E-state index in [1.165, 1.54) is 12.1 Å². The Balaban J connectivity index is 2.52. The van der Waals surface area contributed by atoms with Gasteiger partial charge in [0.05, 0.1) is 12.1 Å². The van der Waals surface area contributed by atoms with Crippen LogP contribution >= 0.6 is 0 Å². The molecule has 0 saturated carbocycles. The maximum absolute atomic E-state index is 12.3. The largest absolute Gasteiger partial charge is 0.416 e. The number of hydrogen-bond donors (Lipinski definition) is 2. The molecule has 1 aromatic rings. The average Bonchev–Trinajstić information content (AvgIpc) is 2.25. The second-order valence-corrected chi connectivity index (χ2v) is 4.15. The molecule has 3 nitrogen and oxygen atoms in total. The van der Waals surface area contributed by atoms with E-state index < -0.39 is 11.7 Å². The first-order chi connectivity index (χ1) is 8.29. The third-order valence-electron chi connectivity index (χ3n) is 2.11. The van der Waals surface area contributed by atoms with Crippen LogP contribution in [0.3, 0.4) is 0 Å². The van der Waals surface area contributed by atoms with E-state index in [1.54, 1.807) is 0 Å². The Labute approximate surface area is 103 Å². The maximum atomic E-state index is 12.3. The summed E-state index contributed by atoms with van der Waals surface area (Å²) >= 11 is 0. The van der Waals surface area contributed by atoms with E-state index in [9.17, 15) is 18.0 Å². The Morgan fingerprint density at radius 3 is 2.22 bits per heavy atom. The molecule has 0 unspecified atom stereocenters. The molecule has 0 aliphatic carbocycles. The van der Waals surface area contributed by atoms with Gasteiger partial charge in [-0.25, -0.2) is 0 Å². The van der Waals surface area contributed by atoms with Crippen molar-refractivity contribution in [3.05, 3.63) is 29.8 Å². The highest BCUT2D eigenvalue weighted by Crippen LogP contribution is 2.29. The Morgan fingerprint density at radius 1 is 1.22 bits per heavy atom. The van der Waals surface area contributed by atoms with Gasteiger partial charge in [0.2, 0.25) is 5.91 Å². The van der Waals surface area contributed by atoms with Crippen molar-refractivity contribution >= 4 is 11.6 Å². The van der Waals surface area contributed by atoms with E-state index in [0.717, 1.165) is 12.1 Å². The number of benzene rings is 1. The second kappa shape index (κ2) is 5.75. The lowest BCUT2D eigenvalue weighted by atomic mass is 10.2. The molecule has 1 amide bonds. The minimum Gasteiger partial charge on any atom is -0.376 e. The summed E-state index contributed by atoms with van der Waals surface area (Å²) in [5.74, 6) is -0.204. The van der Waals surface area contributed by atoms with Gasteiger partial charge >= 0.3 is 6.18 Å². The van der Waals surface area contributed by atoms with Crippen LogP contribution in [-0.2, 0) is 11.0 Å². The van der Waals surface area contributed by atoms with Crippen LogP contribution in [0.4, 0.5) is 18.9 Å². The van der Waals surface area contributed by atoms with E-state index in [1.807, 2.05) is 13.8 Å². The lowest BCUT2D eigenvalue weighted by Crippen LogP contribution is -2.34. The van der Waals surface area contributed by atoms with Gasteiger partial charge < -0.3 is 10.6 Å². The number of amides is 1. The van der Waals surface area contributed by atoms with Crippen LogP contribution in [0.1, 0.15) is 19.4 Å². The van der Waals surface area contributed by atoms with Gasteiger partial charge in [0.1, 0.15) is 0 Å². The van der Waals surface area contributed by atoms with Crippen LogP contribution in [-0.4, -0.2) is 18.5 Å². The summed E-state index contributed by atoms with van der Waals surface area (Å²) in [5, 5.41) is 5.42. The first-order valence-electron chi connectivity index (χ1n) is 5.49. The third-order valence-corrected chi connectivity index (χ3v) is 2.11. The smallest absolute Gasteiger partial charge is 0.376 e. The first-order valence-corrected chi connectivity index (χ1v) is 5.49. The number of carbonyl (C=O) groups excluding carboxylic acids is 1. The molecule has 0 atom stereocenters. The highest BCUT2D eigenvalue weighted by atomic mass is 19.4. The monoisotopic (exact) mass is 260 g/mol. The summed E-state index contributed by atoms with van der Waals surface area (Å²) in [7, 11) is 0. The number of carbonyl (C=O) groups is 1. The van der Waals surface area contributed by atoms with Crippen molar-refractivity contribution in [2.75, 3.05) is 11.9 Å². The summed E-state index contributed by atoms with van der Waals surface area (Å²) in [6.45, 7) is 3.69. The molecule has 0 radical (unpaired) electrons. The molecular formula is C12H15F3N2O. The molecule has 6 heteroatoms. The van der Waals surface area contributed by atoms with E-state index in [4.69, 9.17) is 0 Å². The lowest BCUT2D eigenvalue weighted by Gasteiger charge is -2.11. The van der Waals surface area contributed by atoms with Gasteiger partial charge in [-0.3, -0.25) is 4.79 Å². The van der Waals surface area contributed by atoms with Gasteiger partial charge in [-0.15, -0.1) is 0 Å². The first kappa shape index (κ1) is 14.3. The van der Waals surface area contributed by atoms with Crippen LogP contribution in [0.2, 0.25) is 0 Å². The SMILES string of the molecule is CC(C)NC(=O)CNc1ccc(C(F)(F)F)cc1. The number of nitrogens with one attached hydrogen (secondary N) is 2. The normalized spacial score (nSPS) is 11.4. The molecule has 0 saturated heterocycles. The fourth-order valence-electron chi connectivity index (χ4n) is 1.33. The number of hydrogen-bond acceptors (Lipinski definition) is 2. The van der Waals surface area contributed by atoms with E-state index >= 15 is 0 Å². The summed E-state index contributed by atoms with van der Waals surface area (Å²) in [6.07, 6.45) is -4.34. The summed E-state index contributed by atoms with van der Waals surface area (Å²) in [4.78, 5) is 11.3. The van der Waals surface area contributed by atoms with Crippen LogP contribution in [0, 0.1) is 0 Å². The Bertz CT molecular complexity index is 399. The molecule has 0 fully saturated rings. The molecule has 0 spiro atoms. The number of anilines is 1. The minimum absolute atomic E-state index is 0.0313. The molecule has 0 aliphatic heterocycles.